The average Bonchev–Trinajstić information content (AvgIpc) is 3.84. The van der Waals surface area contributed by atoms with Gasteiger partial charge in [-0.2, -0.15) is 0 Å². The van der Waals surface area contributed by atoms with Gasteiger partial charge in [-0.25, -0.2) is 0 Å². The number of fused-ring (bicyclic) bond motifs is 12. The van der Waals surface area contributed by atoms with Crippen molar-refractivity contribution in [2.75, 3.05) is 9.80 Å². The molecule has 60 heavy (non-hydrogen) atoms. The van der Waals surface area contributed by atoms with Crippen molar-refractivity contribution < 1.29 is 0 Å². The van der Waals surface area contributed by atoms with Crippen molar-refractivity contribution in [1.29, 1.82) is 0 Å². The Morgan fingerprint density at radius 1 is 0.400 bits per heavy atom. The normalized spacial score (nSPS) is 15.9. The number of rotatable bonds is 4. The van der Waals surface area contributed by atoms with E-state index in [1.54, 1.807) is 0 Å². The maximum atomic E-state index is 2.56. The monoisotopic (exact) mass is 790 g/mol. The average molecular weight is 791 g/mol. The van der Waals surface area contributed by atoms with Crippen molar-refractivity contribution in [2.45, 2.75) is 57.8 Å². The van der Waals surface area contributed by atoms with E-state index in [-0.39, 0.29) is 16.2 Å². The van der Waals surface area contributed by atoms with Crippen LogP contribution in [0.15, 0.2) is 170 Å². The molecule has 0 amide bonds. The van der Waals surface area contributed by atoms with E-state index in [0.717, 1.165) is 11.4 Å². The topological polar surface area (TPSA) is 6.48 Å². The van der Waals surface area contributed by atoms with Crippen LogP contribution in [0, 0.1) is 0 Å². The zero-order chi connectivity index (χ0) is 40.7. The Balaban J connectivity index is 1.09. The zero-order valence-electron chi connectivity index (χ0n) is 35.0. The zero-order valence-corrected chi connectivity index (χ0v) is 35.8. The highest BCUT2D eigenvalue weighted by molar-refractivity contribution is 7.25. The molecular formula is C57H46N2S. The van der Waals surface area contributed by atoms with E-state index < -0.39 is 0 Å². The second kappa shape index (κ2) is 12.3. The van der Waals surface area contributed by atoms with Gasteiger partial charge in [-0.1, -0.05) is 139 Å². The predicted octanol–water partition coefficient (Wildman–Crippen LogP) is 16.2. The van der Waals surface area contributed by atoms with Gasteiger partial charge in [0, 0.05) is 59.2 Å². The van der Waals surface area contributed by atoms with Crippen LogP contribution in [0.2, 0.25) is 0 Å². The summed E-state index contributed by atoms with van der Waals surface area (Å²) in [6.07, 6.45) is 0. The molecule has 9 aromatic rings. The molecule has 0 saturated heterocycles. The first kappa shape index (κ1) is 35.5. The molecule has 0 bridgehead atoms. The molecule has 2 nitrogen and oxygen atoms in total. The summed E-state index contributed by atoms with van der Waals surface area (Å²) in [6, 6.07) is 64.0. The Morgan fingerprint density at radius 2 is 0.950 bits per heavy atom. The van der Waals surface area contributed by atoms with Gasteiger partial charge >= 0.3 is 0 Å². The van der Waals surface area contributed by atoms with Gasteiger partial charge in [-0.3, -0.25) is 0 Å². The summed E-state index contributed by atoms with van der Waals surface area (Å²) in [5.41, 5.74) is 20.2. The number of nitrogens with zero attached hydrogens (tertiary/aromatic N) is 2. The molecule has 3 heteroatoms. The first-order valence-electron chi connectivity index (χ1n) is 21.3. The largest absolute Gasteiger partial charge is 0.310 e. The highest BCUT2D eigenvalue weighted by Crippen LogP contribution is 2.59. The van der Waals surface area contributed by atoms with Crippen molar-refractivity contribution in [2.24, 2.45) is 0 Å². The molecule has 3 aliphatic rings. The number of hydrogen-bond donors (Lipinski definition) is 0. The highest BCUT2D eigenvalue weighted by Gasteiger charge is 2.42. The fourth-order valence-corrected chi connectivity index (χ4v) is 12.3. The van der Waals surface area contributed by atoms with E-state index in [9.17, 15) is 0 Å². The third-order valence-corrected chi connectivity index (χ3v) is 15.3. The van der Waals surface area contributed by atoms with Crippen LogP contribution in [0.25, 0.3) is 42.4 Å². The van der Waals surface area contributed by atoms with Crippen molar-refractivity contribution in [3.05, 3.63) is 203 Å². The maximum absolute atomic E-state index is 2.56. The fraction of sp³-hybridized carbons (Fsp3) is 0.158. The Labute approximate surface area is 357 Å². The molecule has 0 saturated carbocycles. The first-order chi connectivity index (χ1) is 29.0. The lowest BCUT2D eigenvalue weighted by molar-refractivity contribution is 0.638. The van der Waals surface area contributed by atoms with E-state index in [1.165, 1.54) is 98.6 Å². The number of hydrogen-bond acceptors (Lipinski definition) is 3. The Morgan fingerprint density at radius 3 is 1.67 bits per heavy atom. The van der Waals surface area contributed by atoms with Crippen molar-refractivity contribution in [3.63, 3.8) is 0 Å². The molecule has 1 aromatic heterocycles. The van der Waals surface area contributed by atoms with Gasteiger partial charge in [-0.15, -0.1) is 11.3 Å². The van der Waals surface area contributed by atoms with E-state index in [1.807, 2.05) is 11.3 Å². The first-order valence-corrected chi connectivity index (χ1v) is 22.1. The van der Waals surface area contributed by atoms with Gasteiger partial charge in [0.25, 0.3) is 0 Å². The number of para-hydroxylation sites is 1. The van der Waals surface area contributed by atoms with E-state index in [0.29, 0.717) is 0 Å². The summed E-state index contributed by atoms with van der Waals surface area (Å²) in [4.78, 5) is 5.03. The van der Waals surface area contributed by atoms with Crippen LogP contribution in [0.5, 0.6) is 0 Å². The third-order valence-electron chi connectivity index (χ3n) is 14.2. The number of benzene rings is 8. The van der Waals surface area contributed by atoms with Crippen LogP contribution in [-0.2, 0) is 16.2 Å². The molecule has 0 atom stereocenters. The summed E-state index contributed by atoms with van der Waals surface area (Å²) < 4.78 is 2.66. The van der Waals surface area contributed by atoms with E-state index in [4.69, 9.17) is 0 Å². The lowest BCUT2D eigenvalue weighted by atomic mass is 9.71. The molecule has 290 valence electrons. The van der Waals surface area contributed by atoms with Gasteiger partial charge < -0.3 is 9.80 Å². The molecule has 0 spiro atoms. The SMILES string of the molecule is CC1(C)c2ccccc2-c2ccc(N(c3ccccc3)c3ccc4c(c3)C(C)(C)c3c(ccc5sc6ccccc6c35)N4c3ccc4c(c3)C(C)(C)c3ccccc3-4)cc21. The van der Waals surface area contributed by atoms with Crippen LogP contribution < -0.4 is 9.80 Å². The molecule has 2 aliphatic carbocycles. The lowest BCUT2D eigenvalue weighted by Gasteiger charge is -2.43. The van der Waals surface area contributed by atoms with E-state index in [2.05, 4.69) is 221 Å². The minimum atomic E-state index is -0.323. The third kappa shape index (κ3) is 4.76. The lowest BCUT2D eigenvalue weighted by Crippen LogP contribution is -2.31. The standard InChI is InChI=1S/C57H46N2S/c1-55(2)44-21-13-10-18-39(44)41-27-24-36(32-46(41)55)58(35-16-8-7-9-17-35)37-26-29-49-48(34-37)57(5,6)54-50(30-31-52-53(54)43-20-12-15-23-51(43)60-52)59(49)38-25-28-42-40-19-11-14-22-45(40)56(3,4)47(42)33-38/h7-34H,1-6H3. The van der Waals surface area contributed by atoms with Crippen LogP contribution in [0.1, 0.15) is 74.9 Å². The van der Waals surface area contributed by atoms with Gasteiger partial charge in [0.05, 0.1) is 11.4 Å². The van der Waals surface area contributed by atoms with Crippen molar-refractivity contribution >= 4 is 65.6 Å². The van der Waals surface area contributed by atoms with Crippen LogP contribution in [0.4, 0.5) is 34.1 Å². The van der Waals surface area contributed by atoms with Crippen LogP contribution in [-0.4, -0.2) is 0 Å². The summed E-state index contributed by atoms with van der Waals surface area (Å²) in [7, 11) is 0. The Kier molecular flexibility index (Phi) is 7.29. The summed E-state index contributed by atoms with van der Waals surface area (Å²) in [6.45, 7) is 14.4. The highest BCUT2D eigenvalue weighted by atomic mass is 32.1. The molecule has 8 aromatic carbocycles. The fourth-order valence-electron chi connectivity index (χ4n) is 11.2. The second-order valence-corrected chi connectivity index (χ2v) is 19.6. The molecule has 2 heterocycles. The van der Waals surface area contributed by atoms with Gasteiger partial charge in [0.15, 0.2) is 0 Å². The summed E-state index contributed by atoms with van der Waals surface area (Å²) in [5, 5.41) is 2.70. The van der Waals surface area contributed by atoms with Gasteiger partial charge in [-0.05, 0) is 128 Å². The second-order valence-electron chi connectivity index (χ2n) is 18.6. The quantitative estimate of drug-likeness (QED) is 0.175. The number of anilines is 6. The van der Waals surface area contributed by atoms with Gasteiger partial charge in [0.1, 0.15) is 0 Å². The molecular weight excluding hydrogens is 745 g/mol. The smallest absolute Gasteiger partial charge is 0.0509 e. The van der Waals surface area contributed by atoms with Crippen molar-refractivity contribution in [1.82, 2.24) is 0 Å². The summed E-state index contributed by atoms with van der Waals surface area (Å²) in [5.74, 6) is 0. The minimum absolute atomic E-state index is 0.104. The van der Waals surface area contributed by atoms with Gasteiger partial charge in [0.2, 0.25) is 0 Å². The molecule has 0 fully saturated rings. The number of thiophene rings is 1. The molecule has 0 N–H and O–H groups in total. The van der Waals surface area contributed by atoms with Crippen LogP contribution in [0.3, 0.4) is 0 Å². The Hall–Kier alpha value is -6.42. The molecule has 0 radical (unpaired) electrons. The molecule has 12 rings (SSSR count). The molecule has 1 aliphatic heterocycles. The minimum Gasteiger partial charge on any atom is -0.310 e. The predicted molar refractivity (Wildman–Crippen MR) is 256 cm³/mol. The van der Waals surface area contributed by atoms with E-state index >= 15 is 0 Å². The Bertz CT molecular complexity index is 3250. The maximum Gasteiger partial charge on any atom is 0.0509 e. The van der Waals surface area contributed by atoms with Crippen molar-refractivity contribution in [3.8, 4) is 22.3 Å². The molecule has 0 unspecified atom stereocenters. The summed E-state index contributed by atoms with van der Waals surface area (Å²) >= 11 is 1.90. The van der Waals surface area contributed by atoms with Crippen LogP contribution >= 0.6 is 11.3 Å².